The van der Waals surface area contributed by atoms with Gasteiger partial charge in [0.05, 0.1) is 0 Å². The van der Waals surface area contributed by atoms with Crippen molar-refractivity contribution in [3.63, 3.8) is 0 Å². The quantitative estimate of drug-likeness (QED) is 0.260. The van der Waals surface area contributed by atoms with Gasteiger partial charge in [-0.1, -0.05) is 101 Å². The average Bonchev–Trinajstić information content (AvgIpc) is 2.62. The molecule has 1 unspecified atom stereocenters. The van der Waals surface area contributed by atoms with E-state index in [1.807, 2.05) is 42.2 Å². The molecule has 0 saturated carbocycles. The predicted octanol–water partition coefficient (Wildman–Crippen LogP) is 8.21. The Morgan fingerprint density at radius 1 is 0.917 bits per heavy atom. The molecule has 0 saturated heterocycles. The topological polar surface area (TPSA) is 17.1 Å². The number of hydrogen-bond donors (Lipinski definition) is 0. The van der Waals surface area contributed by atoms with Crippen LogP contribution in [0.15, 0.2) is 60.4 Å². The largest absolute Gasteiger partial charge is 0.311 e. The summed E-state index contributed by atoms with van der Waals surface area (Å²) in [6.07, 6.45) is 15.6. The number of hydrogen-bond acceptors (Lipinski definition) is 1. The summed E-state index contributed by atoms with van der Waals surface area (Å²) in [5.74, 6) is 5.22. The monoisotopic (exact) mass is 344 g/mol. The maximum absolute atomic E-state index is 12.7. The highest BCUT2D eigenvalue weighted by molar-refractivity contribution is 7.73. The fourth-order valence-electron chi connectivity index (χ4n) is 2.57. The molecule has 1 rings (SSSR count). The Balaban J connectivity index is 2.26. The van der Waals surface area contributed by atoms with Crippen LogP contribution in [0.3, 0.4) is 0 Å². The zero-order chi connectivity index (χ0) is 17.5. The second kappa shape index (κ2) is 13.0. The van der Waals surface area contributed by atoms with Crippen molar-refractivity contribution in [2.45, 2.75) is 64.7 Å². The van der Waals surface area contributed by atoms with Crippen molar-refractivity contribution >= 4 is 13.2 Å². The maximum Gasteiger partial charge on any atom is 0.149 e. The van der Waals surface area contributed by atoms with Gasteiger partial charge in [0.1, 0.15) is 7.14 Å². The third-order valence-corrected chi connectivity index (χ3v) is 6.01. The van der Waals surface area contributed by atoms with E-state index in [-0.39, 0.29) is 0 Å². The fourth-order valence-corrected chi connectivity index (χ4v) is 3.80. The Bertz CT molecular complexity index is 542. The molecule has 0 heterocycles. The highest BCUT2D eigenvalue weighted by Gasteiger charge is 2.07. The molecule has 0 aromatic heterocycles. The van der Waals surface area contributed by atoms with Crippen molar-refractivity contribution in [3.8, 4) is 0 Å². The van der Waals surface area contributed by atoms with E-state index in [9.17, 15) is 4.57 Å². The Morgan fingerprint density at radius 3 is 2.17 bits per heavy atom. The average molecular weight is 344 g/mol. The summed E-state index contributed by atoms with van der Waals surface area (Å²) in [6, 6.07) is 9.96. The minimum atomic E-state index is -2.54. The predicted molar refractivity (Wildman–Crippen MR) is 110 cm³/mol. The molecule has 1 aromatic rings. The second-order valence-corrected chi connectivity index (χ2v) is 8.81. The summed E-state index contributed by atoms with van der Waals surface area (Å²) < 4.78 is 12.7. The van der Waals surface area contributed by atoms with E-state index >= 15 is 0 Å². The van der Waals surface area contributed by atoms with Crippen LogP contribution in [0.5, 0.6) is 0 Å². The Hall–Kier alpha value is -1.33. The first-order chi connectivity index (χ1) is 11.7. The minimum Gasteiger partial charge on any atom is -0.311 e. The zero-order valence-electron chi connectivity index (χ0n) is 15.2. The van der Waals surface area contributed by atoms with Crippen molar-refractivity contribution in [1.29, 1.82) is 0 Å². The summed E-state index contributed by atoms with van der Waals surface area (Å²) in [4.78, 5) is 0. The molecule has 24 heavy (non-hydrogen) atoms. The van der Waals surface area contributed by atoms with E-state index in [0.29, 0.717) is 0 Å². The Morgan fingerprint density at radius 2 is 1.54 bits per heavy atom. The lowest BCUT2D eigenvalue weighted by molar-refractivity contribution is 0.577. The van der Waals surface area contributed by atoms with Crippen LogP contribution in [-0.2, 0) is 4.57 Å². The van der Waals surface area contributed by atoms with Gasteiger partial charge in [-0.3, -0.25) is 0 Å². The molecule has 0 spiro atoms. The molecule has 1 atom stereocenters. The van der Waals surface area contributed by atoms with Crippen LogP contribution in [0, 0.1) is 0 Å². The van der Waals surface area contributed by atoms with Crippen molar-refractivity contribution in [3.05, 3.63) is 66.0 Å². The lowest BCUT2D eigenvalue weighted by Gasteiger charge is -2.03. The minimum absolute atomic E-state index is 1.01. The van der Waals surface area contributed by atoms with Crippen LogP contribution >= 0.6 is 7.14 Å². The second-order valence-electron chi connectivity index (χ2n) is 6.32. The van der Waals surface area contributed by atoms with Gasteiger partial charge >= 0.3 is 0 Å². The molecule has 0 amide bonds. The van der Waals surface area contributed by atoms with Crippen LogP contribution in [0.25, 0.3) is 6.08 Å². The van der Waals surface area contributed by atoms with Crippen molar-refractivity contribution in [1.82, 2.24) is 0 Å². The Kier molecular flexibility index (Phi) is 11.2. The third kappa shape index (κ3) is 9.73. The van der Waals surface area contributed by atoms with Crippen molar-refractivity contribution < 1.29 is 4.57 Å². The molecule has 0 fully saturated rings. The van der Waals surface area contributed by atoms with E-state index < -0.39 is 7.14 Å². The lowest BCUT2D eigenvalue weighted by atomic mass is 10.1. The van der Waals surface area contributed by atoms with E-state index in [1.54, 1.807) is 11.6 Å². The van der Waals surface area contributed by atoms with Crippen LogP contribution in [0.4, 0.5) is 0 Å². The van der Waals surface area contributed by atoms with Crippen molar-refractivity contribution in [2.75, 3.05) is 0 Å². The van der Waals surface area contributed by atoms with E-state index in [1.165, 1.54) is 51.4 Å². The van der Waals surface area contributed by atoms with Crippen LogP contribution in [-0.4, -0.2) is 0 Å². The standard InChI is InChI=1S/C22H33OP/c1-3-5-6-7-8-9-10-11-12-16-20-24(23,4-2)21-19-22-17-14-13-15-18-22/h4,13-21H,2-3,5-12H2,1H3/b20-16+,21-19+. The fraction of sp³-hybridized carbons (Fsp3) is 0.455. The molecule has 0 radical (unpaired) electrons. The highest BCUT2D eigenvalue weighted by atomic mass is 31.2. The number of benzene rings is 1. The number of unbranched alkanes of at least 4 members (excludes halogenated alkanes) is 8. The first-order valence-electron chi connectivity index (χ1n) is 9.35. The summed E-state index contributed by atoms with van der Waals surface area (Å²) in [6.45, 7) is 6.00. The molecule has 1 nitrogen and oxygen atoms in total. The molecule has 0 aliphatic rings. The molecule has 1 aromatic carbocycles. The van der Waals surface area contributed by atoms with Gasteiger partial charge in [0.15, 0.2) is 0 Å². The maximum atomic E-state index is 12.7. The lowest BCUT2D eigenvalue weighted by Crippen LogP contribution is -1.80. The molecular formula is C22H33OP. The smallest absolute Gasteiger partial charge is 0.149 e. The first-order valence-corrected chi connectivity index (χ1v) is 11.3. The van der Waals surface area contributed by atoms with Gasteiger partial charge in [-0.05, 0) is 35.9 Å². The molecular weight excluding hydrogens is 311 g/mol. The molecule has 0 aliphatic carbocycles. The Labute approximate surface area is 148 Å². The van der Waals surface area contributed by atoms with Gasteiger partial charge in [0.25, 0.3) is 0 Å². The van der Waals surface area contributed by atoms with E-state index in [4.69, 9.17) is 0 Å². The molecule has 0 N–H and O–H groups in total. The number of rotatable bonds is 13. The van der Waals surface area contributed by atoms with Crippen LogP contribution in [0.1, 0.15) is 70.3 Å². The van der Waals surface area contributed by atoms with Gasteiger partial charge in [-0.2, -0.15) is 0 Å². The van der Waals surface area contributed by atoms with Gasteiger partial charge in [0.2, 0.25) is 0 Å². The van der Waals surface area contributed by atoms with Gasteiger partial charge in [0, 0.05) is 0 Å². The molecule has 0 bridgehead atoms. The summed E-state index contributed by atoms with van der Waals surface area (Å²) >= 11 is 0. The highest BCUT2D eigenvalue weighted by Crippen LogP contribution is 2.50. The third-order valence-electron chi connectivity index (χ3n) is 4.15. The van der Waals surface area contributed by atoms with Crippen LogP contribution < -0.4 is 0 Å². The summed E-state index contributed by atoms with van der Waals surface area (Å²) in [5, 5.41) is 0. The summed E-state index contributed by atoms with van der Waals surface area (Å²) in [5.41, 5.74) is 1.07. The summed E-state index contributed by atoms with van der Waals surface area (Å²) in [7, 11) is -2.54. The molecule has 2 heteroatoms. The number of allylic oxidation sites excluding steroid dienone is 1. The van der Waals surface area contributed by atoms with E-state index in [0.717, 1.165) is 12.0 Å². The zero-order valence-corrected chi connectivity index (χ0v) is 16.1. The van der Waals surface area contributed by atoms with E-state index in [2.05, 4.69) is 19.6 Å². The van der Waals surface area contributed by atoms with Gasteiger partial charge < -0.3 is 4.57 Å². The molecule has 0 aliphatic heterocycles. The SMILES string of the molecule is C=CP(=O)(/C=C/CCCCCCCCCC)/C=C/c1ccccc1. The van der Waals surface area contributed by atoms with Crippen molar-refractivity contribution in [2.24, 2.45) is 0 Å². The van der Waals surface area contributed by atoms with Crippen LogP contribution in [0.2, 0.25) is 0 Å². The van der Waals surface area contributed by atoms with Gasteiger partial charge in [-0.15, -0.1) is 0 Å². The van der Waals surface area contributed by atoms with Gasteiger partial charge in [-0.25, -0.2) is 0 Å². The first kappa shape index (κ1) is 20.7. The molecule has 132 valence electrons. The normalized spacial score (nSPS) is 14.2.